The highest BCUT2D eigenvalue weighted by molar-refractivity contribution is 5.96. The van der Waals surface area contributed by atoms with Crippen molar-refractivity contribution in [2.24, 2.45) is 0 Å². The molecule has 6 nitrogen and oxygen atoms in total. The van der Waals surface area contributed by atoms with Gasteiger partial charge in [-0.15, -0.1) is 0 Å². The number of carbonyl (C=O) groups is 2. The summed E-state index contributed by atoms with van der Waals surface area (Å²) in [5.41, 5.74) is 3.16. The number of fused-ring (bicyclic) bond motifs is 4. The molecule has 0 saturated carbocycles. The zero-order chi connectivity index (χ0) is 23.0. The van der Waals surface area contributed by atoms with Crippen molar-refractivity contribution in [3.8, 4) is 0 Å². The fourth-order valence-electron chi connectivity index (χ4n) is 5.24. The summed E-state index contributed by atoms with van der Waals surface area (Å²) in [7, 11) is 0. The van der Waals surface area contributed by atoms with Gasteiger partial charge in [0.1, 0.15) is 11.5 Å². The largest absolute Gasteiger partial charge is 0.465 e. The predicted molar refractivity (Wildman–Crippen MR) is 125 cm³/mol. The van der Waals surface area contributed by atoms with E-state index in [0.29, 0.717) is 6.61 Å². The smallest absolute Gasteiger partial charge is 0.419 e. The SMILES string of the molecule is CCOC(=O)C1c2c(c3ccccc3n2C(=O)OC(C)(C)C)CCN2CCC=C(CC)C12. The van der Waals surface area contributed by atoms with E-state index in [1.54, 1.807) is 4.57 Å². The van der Waals surface area contributed by atoms with Crippen molar-refractivity contribution in [2.45, 2.75) is 71.4 Å². The summed E-state index contributed by atoms with van der Waals surface area (Å²) in [6.45, 7) is 11.6. The summed E-state index contributed by atoms with van der Waals surface area (Å²) < 4.78 is 13.1. The number of aromatic nitrogens is 1. The highest BCUT2D eigenvalue weighted by Gasteiger charge is 2.45. The first kappa shape index (κ1) is 22.6. The van der Waals surface area contributed by atoms with E-state index in [1.165, 1.54) is 5.57 Å². The van der Waals surface area contributed by atoms with E-state index in [4.69, 9.17) is 9.47 Å². The van der Waals surface area contributed by atoms with Crippen molar-refractivity contribution in [2.75, 3.05) is 19.7 Å². The molecule has 1 aromatic heterocycles. The normalized spacial score (nSPS) is 21.3. The molecule has 32 heavy (non-hydrogen) atoms. The third-order valence-electron chi connectivity index (χ3n) is 6.40. The predicted octanol–water partition coefficient (Wildman–Crippen LogP) is 5.04. The molecule has 0 spiro atoms. The minimum Gasteiger partial charge on any atom is -0.465 e. The number of carbonyl (C=O) groups excluding carboxylic acids is 2. The van der Waals surface area contributed by atoms with Gasteiger partial charge in [-0.3, -0.25) is 9.69 Å². The average Bonchev–Trinajstić information content (AvgIpc) is 2.95. The van der Waals surface area contributed by atoms with Gasteiger partial charge in [0.2, 0.25) is 0 Å². The Kier molecular flexibility index (Phi) is 6.17. The molecule has 2 aliphatic heterocycles. The number of nitrogens with zero attached hydrogens (tertiary/aromatic N) is 2. The molecule has 0 radical (unpaired) electrons. The number of ether oxygens (including phenoxy) is 2. The van der Waals surface area contributed by atoms with E-state index in [9.17, 15) is 9.59 Å². The van der Waals surface area contributed by atoms with Crippen molar-refractivity contribution < 1.29 is 19.1 Å². The van der Waals surface area contributed by atoms with Crippen molar-refractivity contribution in [3.63, 3.8) is 0 Å². The van der Waals surface area contributed by atoms with Gasteiger partial charge in [0, 0.05) is 30.2 Å². The first-order chi connectivity index (χ1) is 15.3. The summed E-state index contributed by atoms with van der Waals surface area (Å²) in [5.74, 6) is -0.863. The van der Waals surface area contributed by atoms with E-state index in [0.717, 1.165) is 54.5 Å². The van der Waals surface area contributed by atoms with Gasteiger partial charge in [0.15, 0.2) is 0 Å². The second kappa shape index (κ2) is 8.74. The number of esters is 1. The first-order valence-corrected chi connectivity index (χ1v) is 11.7. The monoisotopic (exact) mass is 438 g/mol. The molecule has 0 N–H and O–H groups in total. The molecule has 2 atom stereocenters. The van der Waals surface area contributed by atoms with E-state index >= 15 is 0 Å². The molecule has 2 unspecified atom stereocenters. The van der Waals surface area contributed by atoms with Gasteiger partial charge in [-0.25, -0.2) is 9.36 Å². The maximum absolute atomic E-state index is 13.5. The van der Waals surface area contributed by atoms with Gasteiger partial charge >= 0.3 is 12.1 Å². The topological polar surface area (TPSA) is 60.8 Å². The number of hydrogen-bond acceptors (Lipinski definition) is 5. The zero-order valence-corrected chi connectivity index (χ0v) is 19.8. The van der Waals surface area contributed by atoms with Crippen LogP contribution >= 0.6 is 0 Å². The van der Waals surface area contributed by atoms with Crippen LogP contribution in [0, 0.1) is 0 Å². The zero-order valence-electron chi connectivity index (χ0n) is 19.8. The summed E-state index contributed by atoms with van der Waals surface area (Å²) >= 11 is 0. The van der Waals surface area contributed by atoms with Crippen LogP contribution in [0.3, 0.4) is 0 Å². The summed E-state index contributed by atoms with van der Waals surface area (Å²) in [6, 6.07) is 7.77. The van der Waals surface area contributed by atoms with E-state index < -0.39 is 17.6 Å². The Morgan fingerprint density at radius 3 is 2.56 bits per heavy atom. The quantitative estimate of drug-likeness (QED) is 0.496. The van der Waals surface area contributed by atoms with Crippen molar-refractivity contribution in [3.05, 3.63) is 47.2 Å². The molecule has 2 aliphatic rings. The number of para-hydroxylation sites is 1. The maximum Gasteiger partial charge on any atom is 0.419 e. The van der Waals surface area contributed by atoms with Crippen LogP contribution in [0.25, 0.3) is 10.9 Å². The van der Waals surface area contributed by atoms with Gasteiger partial charge in [0.05, 0.1) is 12.1 Å². The molecule has 4 rings (SSSR count). The molecule has 1 aromatic carbocycles. The molecule has 2 aromatic rings. The van der Waals surface area contributed by atoms with Crippen molar-refractivity contribution in [1.82, 2.24) is 9.47 Å². The molecule has 6 heteroatoms. The van der Waals surface area contributed by atoms with Crippen LogP contribution in [0.5, 0.6) is 0 Å². The van der Waals surface area contributed by atoms with Crippen LogP contribution in [-0.4, -0.2) is 52.9 Å². The third kappa shape index (κ3) is 3.96. The minimum absolute atomic E-state index is 0.112. The van der Waals surface area contributed by atoms with Crippen LogP contribution in [0.1, 0.15) is 64.6 Å². The van der Waals surface area contributed by atoms with E-state index in [-0.39, 0.29) is 12.0 Å². The lowest BCUT2D eigenvalue weighted by Crippen LogP contribution is -2.46. The number of hydrogen-bond donors (Lipinski definition) is 0. The number of benzene rings is 1. The molecule has 0 bridgehead atoms. The molecule has 0 amide bonds. The summed E-state index contributed by atoms with van der Waals surface area (Å²) in [6.07, 6.45) is 4.43. The molecule has 0 saturated heterocycles. The fraction of sp³-hybridized carbons (Fsp3) is 0.538. The second-order valence-corrected chi connectivity index (χ2v) is 9.58. The lowest BCUT2D eigenvalue weighted by molar-refractivity contribution is -0.146. The van der Waals surface area contributed by atoms with Crippen molar-refractivity contribution >= 4 is 23.0 Å². The van der Waals surface area contributed by atoms with Gasteiger partial charge in [-0.1, -0.05) is 36.8 Å². The van der Waals surface area contributed by atoms with Crippen LogP contribution in [0.4, 0.5) is 4.79 Å². The van der Waals surface area contributed by atoms with Crippen LogP contribution in [0.15, 0.2) is 35.9 Å². The molecule has 172 valence electrons. The second-order valence-electron chi connectivity index (χ2n) is 9.58. The minimum atomic E-state index is -0.648. The molecular weight excluding hydrogens is 404 g/mol. The lowest BCUT2D eigenvalue weighted by atomic mass is 9.84. The molecular formula is C26H34N2O4. The number of rotatable bonds is 3. The van der Waals surface area contributed by atoms with Crippen molar-refractivity contribution in [1.29, 1.82) is 0 Å². The Morgan fingerprint density at radius 1 is 1.12 bits per heavy atom. The van der Waals surface area contributed by atoms with Crippen LogP contribution < -0.4 is 0 Å². The van der Waals surface area contributed by atoms with E-state index in [2.05, 4.69) is 17.9 Å². The van der Waals surface area contributed by atoms with Crippen LogP contribution in [0.2, 0.25) is 0 Å². The van der Waals surface area contributed by atoms with Gasteiger partial charge in [-0.2, -0.15) is 0 Å². The Hall–Kier alpha value is -2.60. The van der Waals surface area contributed by atoms with Crippen LogP contribution in [-0.2, 0) is 20.7 Å². The highest BCUT2D eigenvalue weighted by atomic mass is 16.6. The van der Waals surface area contributed by atoms with Gasteiger partial charge in [-0.05, 0) is 58.6 Å². The molecule has 0 aliphatic carbocycles. The maximum atomic E-state index is 13.5. The standard InChI is InChI=1S/C26H34N2O4/c1-6-17-11-10-15-27-16-14-19-18-12-8-9-13-20(18)28(25(30)32-26(3,4)5)23(19)21(22(17)27)24(29)31-7-2/h8-9,11-13,21-22H,6-7,10,14-16H2,1-5H3. The molecule has 3 heterocycles. The Balaban J connectivity index is 2.00. The highest BCUT2D eigenvalue weighted by Crippen LogP contribution is 2.42. The summed E-state index contributed by atoms with van der Waals surface area (Å²) in [5, 5.41) is 1.00. The summed E-state index contributed by atoms with van der Waals surface area (Å²) in [4.78, 5) is 29.4. The van der Waals surface area contributed by atoms with Gasteiger partial charge < -0.3 is 9.47 Å². The lowest BCUT2D eigenvalue weighted by Gasteiger charge is -2.38. The molecule has 0 fully saturated rings. The Labute approximate surface area is 190 Å². The third-order valence-corrected chi connectivity index (χ3v) is 6.40. The first-order valence-electron chi connectivity index (χ1n) is 11.7. The van der Waals surface area contributed by atoms with E-state index in [1.807, 2.05) is 52.0 Å². The Morgan fingerprint density at radius 2 is 1.88 bits per heavy atom. The van der Waals surface area contributed by atoms with Gasteiger partial charge in [0.25, 0.3) is 0 Å². The fourth-order valence-corrected chi connectivity index (χ4v) is 5.24. The average molecular weight is 439 g/mol. The Bertz CT molecular complexity index is 1060.